The zero-order valence-electron chi connectivity index (χ0n) is 18.1. The van der Waals surface area contributed by atoms with Crippen molar-refractivity contribution in [2.45, 2.75) is 19.3 Å². The van der Waals surface area contributed by atoms with Crippen molar-refractivity contribution in [3.63, 3.8) is 0 Å². The van der Waals surface area contributed by atoms with E-state index < -0.39 is 21.1 Å². The highest BCUT2D eigenvalue weighted by Gasteiger charge is 2.31. The lowest BCUT2D eigenvalue weighted by molar-refractivity contribution is 0.280. The monoisotopic (exact) mass is 500 g/mol. The van der Waals surface area contributed by atoms with Gasteiger partial charge in [-0.05, 0) is 12.1 Å². The molecule has 180 valence electrons. The standard InChI is InChI=1S/C21H26O10P2/c1-5-11-28-19-13-15(30-32(22,23)24)7-9-17(19)21(3,4)18-10-8-16(31-33(25,26)27)14-20(18)29-12-6-2/h5-10,13-14H,1-2,11-12H2,3-4H3,(H2,22,23,24)(H2,25,26,27). The maximum absolute atomic E-state index is 11.2. The second-order valence-electron chi connectivity index (χ2n) is 7.30. The molecule has 0 unspecified atom stereocenters. The molecule has 0 aromatic heterocycles. The Morgan fingerprint density at radius 3 is 1.45 bits per heavy atom. The van der Waals surface area contributed by atoms with Crippen LogP contribution in [0.15, 0.2) is 61.7 Å². The molecule has 0 spiro atoms. The number of phosphoric ester groups is 2. The molecule has 4 N–H and O–H groups in total. The van der Waals surface area contributed by atoms with Gasteiger partial charge in [0.15, 0.2) is 0 Å². The maximum atomic E-state index is 11.2. The van der Waals surface area contributed by atoms with E-state index in [2.05, 4.69) is 22.2 Å². The van der Waals surface area contributed by atoms with Crippen LogP contribution < -0.4 is 18.5 Å². The second kappa shape index (κ2) is 10.6. The van der Waals surface area contributed by atoms with Gasteiger partial charge in [0, 0.05) is 28.7 Å². The van der Waals surface area contributed by atoms with Crippen molar-refractivity contribution < 1.29 is 47.2 Å². The maximum Gasteiger partial charge on any atom is 0.524 e. The van der Waals surface area contributed by atoms with Crippen LogP contribution in [0.25, 0.3) is 0 Å². The van der Waals surface area contributed by atoms with E-state index in [0.29, 0.717) is 11.1 Å². The van der Waals surface area contributed by atoms with Gasteiger partial charge in [-0.3, -0.25) is 19.6 Å². The van der Waals surface area contributed by atoms with Gasteiger partial charge in [-0.25, -0.2) is 9.13 Å². The third kappa shape index (κ3) is 7.75. The smallest absolute Gasteiger partial charge is 0.489 e. The van der Waals surface area contributed by atoms with Crippen molar-refractivity contribution in [2.75, 3.05) is 13.2 Å². The van der Waals surface area contributed by atoms with E-state index in [0.717, 1.165) is 0 Å². The molecule has 12 heteroatoms. The molecule has 0 aliphatic heterocycles. The molecular weight excluding hydrogens is 474 g/mol. The highest BCUT2D eigenvalue weighted by atomic mass is 31.2. The summed E-state index contributed by atoms with van der Waals surface area (Å²) in [7, 11) is -9.55. The van der Waals surface area contributed by atoms with Crippen LogP contribution in [0, 0.1) is 0 Å². The molecule has 0 bridgehead atoms. The first-order valence-corrected chi connectivity index (χ1v) is 12.6. The van der Waals surface area contributed by atoms with Crippen LogP contribution >= 0.6 is 15.6 Å². The first kappa shape index (κ1) is 26.7. The van der Waals surface area contributed by atoms with Gasteiger partial charge >= 0.3 is 15.6 Å². The molecule has 2 aromatic carbocycles. The van der Waals surface area contributed by atoms with Crippen LogP contribution in [0.1, 0.15) is 25.0 Å². The lowest BCUT2D eigenvalue weighted by Gasteiger charge is -2.30. The number of hydrogen-bond acceptors (Lipinski definition) is 6. The van der Waals surface area contributed by atoms with Gasteiger partial charge in [-0.15, -0.1) is 0 Å². The molecule has 0 saturated carbocycles. The molecule has 33 heavy (non-hydrogen) atoms. The Balaban J connectivity index is 2.60. The summed E-state index contributed by atoms with van der Waals surface area (Å²) >= 11 is 0. The van der Waals surface area contributed by atoms with E-state index in [1.807, 2.05) is 13.8 Å². The van der Waals surface area contributed by atoms with Crippen LogP contribution in [0.3, 0.4) is 0 Å². The van der Waals surface area contributed by atoms with Gasteiger partial charge in [0.05, 0.1) is 0 Å². The van der Waals surface area contributed by atoms with Crippen LogP contribution in [0.5, 0.6) is 23.0 Å². The zero-order chi connectivity index (χ0) is 24.9. The fourth-order valence-corrected chi connectivity index (χ4v) is 3.88. The summed E-state index contributed by atoms with van der Waals surface area (Å²) in [4.78, 5) is 36.4. The van der Waals surface area contributed by atoms with Crippen LogP contribution in [-0.4, -0.2) is 32.8 Å². The number of benzene rings is 2. The first-order chi connectivity index (χ1) is 15.3. The fraction of sp³-hybridized carbons (Fsp3) is 0.238. The first-order valence-electron chi connectivity index (χ1n) is 9.53. The Bertz CT molecular complexity index is 1010. The molecule has 0 radical (unpaired) electrons. The van der Waals surface area contributed by atoms with Crippen molar-refractivity contribution in [1.29, 1.82) is 0 Å². The lowest BCUT2D eigenvalue weighted by Crippen LogP contribution is -2.21. The van der Waals surface area contributed by atoms with Crippen molar-refractivity contribution in [2.24, 2.45) is 0 Å². The molecule has 0 amide bonds. The predicted molar refractivity (Wildman–Crippen MR) is 122 cm³/mol. The average Bonchev–Trinajstić information content (AvgIpc) is 2.68. The molecule has 10 nitrogen and oxygen atoms in total. The summed E-state index contributed by atoms with van der Waals surface area (Å²) in [6, 6.07) is 8.70. The normalized spacial score (nSPS) is 12.1. The van der Waals surface area contributed by atoms with Crippen molar-refractivity contribution >= 4 is 15.6 Å². The minimum atomic E-state index is -4.77. The van der Waals surface area contributed by atoms with Gasteiger partial charge in [0.25, 0.3) is 0 Å². The summed E-state index contributed by atoms with van der Waals surface area (Å²) in [6.07, 6.45) is 3.03. The van der Waals surface area contributed by atoms with E-state index in [4.69, 9.17) is 29.0 Å². The summed E-state index contributed by atoms with van der Waals surface area (Å²) < 4.78 is 43.2. The van der Waals surface area contributed by atoms with E-state index in [9.17, 15) is 9.13 Å². The third-order valence-electron chi connectivity index (χ3n) is 4.41. The molecular formula is C21H26O10P2. The van der Waals surface area contributed by atoms with Gasteiger partial charge in [-0.1, -0.05) is 51.3 Å². The topological polar surface area (TPSA) is 152 Å². The second-order valence-corrected chi connectivity index (χ2v) is 9.63. The highest BCUT2D eigenvalue weighted by Crippen LogP contribution is 2.47. The molecule has 0 aliphatic rings. The SMILES string of the molecule is C=CCOc1cc(OP(=O)(O)O)ccc1C(C)(C)c1ccc(OP(=O)(O)O)cc1OCC=C. The zero-order valence-corrected chi connectivity index (χ0v) is 19.9. The van der Waals surface area contributed by atoms with Gasteiger partial charge in [-0.2, -0.15) is 0 Å². The summed E-state index contributed by atoms with van der Waals surface area (Å²) in [6.45, 7) is 11.2. The average molecular weight is 500 g/mol. The molecule has 2 rings (SSSR count). The minimum Gasteiger partial charge on any atom is -0.489 e. The Hall–Kier alpha value is -2.58. The molecule has 0 saturated heterocycles. The Labute approximate surface area is 191 Å². The number of hydrogen-bond donors (Lipinski definition) is 4. The van der Waals surface area contributed by atoms with Crippen molar-refractivity contribution in [3.05, 3.63) is 72.8 Å². The van der Waals surface area contributed by atoms with Gasteiger partial charge in [0.2, 0.25) is 0 Å². The van der Waals surface area contributed by atoms with Gasteiger partial charge in [0.1, 0.15) is 36.2 Å². The van der Waals surface area contributed by atoms with Crippen molar-refractivity contribution in [1.82, 2.24) is 0 Å². The highest BCUT2D eigenvalue weighted by molar-refractivity contribution is 7.47. The quantitative estimate of drug-likeness (QED) is 0.248. The van der Waals surface area contributed by atoms with E-state index >= 15 is 0 Å². The molecule has 0 aliphatic carbocycles. The van der Waals surface area contributed by atoms with Crippen LogP contribution in [0.4, 0.5) is 0 Å². The van der Waals surface area contributed by atoms with E-state index in [-0.39, 0.29) is 36.2 Å². The summed E-state index contributed by atoms with van der Waals surface area (Å²) in [5, 5.41) is 0. The lowest BCUT2D eigenvalue weighted by atomic mass is 9.77. The van der Waals surface area contributed by atoms with Gasteiger partial charge < -0.3 is 18.5 Å². The number of ether oxygens (including phenoxy) is 2. The third-order valence-corrected chi connectivity index (χ3v) is 5.31. The Morgan fingerprint density at radius 2 is 1.15 bits per heavy atom. The van der Waals surface area contributed by atoms with Crippen molar-refractivity contribution in [3.8, 4) is 23.0 Å². The van der Waals surface area contributed by atoms with Crippen LogP contribution in [-0.2, 0) is 14.5 Å². The number of phosphoric acid groups is 2. The molecule has 0 heterocycles. The molecule has 2 aromatic rings. The number of rotatable bonds is 12. The largest absolute Gasteiger partial charge is 0.524 e. The molecule has 0 atom stereocenters. The predicted octanol–water partition coefficient (Wildman–Crippen LogP) is 4.09. The molecule has 0 fully saturated rings. The van der Waals surface area contributed by atoms with Crippen LogP contribution in [0.2, 0.25) is 0 Å². The van der Waals surface area contributed by atoms with E-state index in [1.54, 1.807) is 12.1 Å². The summed E-state index contributed by atoms with van der Waals surface area (Å²) in [5.74, 6) is 0.401. The Morgan fingerprint density at radius 1 is 0.788 bits per heavy atom. The fourth-order valence-electron chi connectivity index (χ4n) is 3.11. The Kier molecular flexibility index (Phi) is 8.54. The minimum absolute atomic E-state index is 0.0875. The van der Waals surface area contributed by atoms with E-state index in [1.165, 1.54) is 36.4 Å². The summed E-state index contributed by atoms with van der Waals surface area (Å²) in [5.41, 5.74) is 0.429.